The predicted octanol–water partition coefficient (Wildman–Crippen LogP) is 1.08. The van der Waals surface area contributed by atoms with Gasteiger partial charge in [0.2, 0.25) is 5.91 Å². The van der Waals surface area contributed by atoms with E-state index in [9.17, 15) is 9.59 Å². The number of carbonyl (C=O) groups is 1. The third-order valence-electron chi connectivity index (χ3n) is 2.82. The molecule has 6 heteroatoms. The molecule has 104 valence electrons. The molecule has 3 N–H and O–H groups in total. The summed E-state index contributed by atoms with van der Waals surface area (Å²) in [6.07, 6.45) is 0. The molecule has 0 aliphatic carbocycles. The van der Waals surface area contributed by atoms with Crippen molar-refractivity contribution >= 4 is 17.3 Å². The van der Waals surface area contributed by atoms with Gasteiger partial charge < -0.3 is 11.1 Å². The highest BCUT2D eigenvalue weighted by molar-refractivity contribution is 5.91. The van der Waals surface area contributed by atoms with E-state index < -0.39 is 0 Å². The van der Waals surface area contributed by atoms with Gasteiger partial charge >= 0.3 is 0 Å². The van der Waals surface area contributed by atoms with Gasteiger partial charge in [-0.1, -0.05) is 0 Å². The van der Waals surface area contributed by atoms with Gasteiger partial charge in [0.05, 0.1) is 5.69 Å². The highest BCUT2D eigenvalue weighted by atomic mass is 16.2. The maximum Gasteiger partial charge on any atom is 0.267 e. The van der Waals surface area contributed by atoms with Crippen molar-refractivity contribution in [2.45, 2.75) is 20.4 Å². The topological polar surface area (TPSA) is 90.0 Å². The molecule has 0 saturated carbocycles. The molecular weight excluding hydrogens is 256 g/mol. The number of carbonyl (C=O) groups excluding carboxylic acids is 1. The van der Waals surface area contributed by atoms with Gasteiger partial charge in [-0.25, -0.2) is 4.68 Å². The minimum Gasteiger partial charge on any atom is -0.399 e. The Hall–Kier alpha value is -2.63. The number of hydrogen-bond donors (Lipinski definition) is 2. The van der Waals surface area contributed by atoms with E-state index in [0.717, 1.165) is 10.2 Å². The Labute approximate surface area is 116 Å². The second-order valence-electron chi connectivity index (χ2n) is 4.59. The van der Waals surface area contributed by atoms with E-state index >= 15 is 0 Å². The van der Waals surface area contributed by atoms with E-state index in [2.05, 4.69) is 10.4 Å². The van der Waals surface area contributed by atoms with E-state index in [1.165, 1.54) is 6.07 Å². The lowest BCUT2D eigenvalue weighted by Crippen LogP contribution is -2.29. The summed E-state index contributed by atoms with van der Waals surface area (Å²) in [6.45, 7) is 3.49. The van der Waals surface area contributed by atoms with Crippen molar-refractivity contribution in [2.75, 3.05) is 11.1 Å². The van der Waals surface area contributed by atoms with Crippen LogP contribution in [-0.4, -0.2) is 15.7 Å². The third kappa shape index (κ3) is 3.23. The van der Waals surface area contributed by atoms with E-state index in [0.29, 0.717) is 17.1 Å². The van der Waals surface area contributed by atoms with Gasteiger partial charge in [0.15, 0.2) is 0 Å². The van der Waals surface area contributed by atoms with E-state index in [-0.39, 0.29) is 18.0 Å². The Morgan fingerprint density at radius 3 is 2.75 bits per heavy atom. The lowest BCUT2D eigenvalue weighted by Gasteiger charge is -2.10. The fraction of sp³-hybridized carbons (Fsp3) is 0.214. The van der Waals surface area contributed by atoms with Crippen LogP contribution < -0.4 is 16.6 Å². The first-order valence-electron chi connectivity index (χ1n) is 6.16. The molecule has 0 unspecified atom stereocenters. The maximum absolute atomic E-state index is 11.9. The first kappa shape index (κ1) is 13.8. The number of nitrogens with zero attached hydrogens (tertiary/aromatic N) is 2. The van der Waals surface area contributed by atoms with E-state index in [4.69, 9.17) is 5.73 Å². The van der Waals surface area contributed by atoms with Crippen LogP contribution in [0.5, 0.6) is 0 Å². The molecule has 1 aromatic heterocycles. The number of benzene rings is 1. The molecular formula is C14H16N4O2. The van der Waals surface area contributed by atoms with Gasteiger partial charge in [-0.2, -0.15) is 5.10 Å². The minimum atomic E-state index is -0.307. The van der Waals surface area contributed by atoms with Crippen molar-refractivity contribution < 1.29 is 4.79 Å². The highest BCUT2D eigenvalue weighted by Gasteiger charge is 2.08. The van der Waals surface area contributed by atoms with Gasteiger partial charge in [-0.05, 0) is 43.7 Å². The van der Waals surface area contributed by atoms with Gasteiger partial charge in [0.25, 0.3) is 5.56 Å². The van der Waals surface area contributed by atoms with Crippen LogP contribution >= 0.6 is 0 Å². The van der Waals surface area contributed by atoms with Crippen LogP contribution in [0.4, 0.5) is 11.4 Å². The smallest absolute Gasteiger partial charge is 0.267 e. The summed E-state index contributed by atoms with van der Waals surface area (Å²) in [5.41, 5.74) is 8.20. The number of aromatic nitrogens is 2. The highest BCUT2D eigenvalue weighted by Crippen LogP contribution is 2.17. The molecule has 1 aromatic carbocycles. The number of aryl methyl sites for hydroxylation is 2. The fourth-order valence-electron chi connectivity index (χ4n) is 1.82. The maximum atomic E-state index is 11.9. The number of amides is 1. The van der Waals surface area contributed by atoms with Crippen molar-refractivity contribution in [3.8, 4) is 0 Å². The third-order valence-corrected chi connectivity index (χ3v) is 2.82. The molecule has 1 amide bonds. The first-order chi connectivity index (χ1) is 9.45. The van der Waals surface area contributed by atoms with Crippen LogP contribution in [0.1, 0.15) is 11.3 Å². The average Bonchev–Trinajstić information content (AvgIpc) is 2.37. The zero-order chi connectivity index (χ0) is 14.7. The quantitative estimate of drug-likeness (QED) is 0.818. The summed E-state index contributed by atoms with van der Waals surface area (Å²) >= 11 is 0. The predicted molar refractivity (Wildman–Crippen MR) is 77.5 cm³/mol. The normalized spacial score (nSPS) is 10.3. The van der Waals surface area contributed by atoms with Crippen molar-refractivity contribution in [3.05, 3.63) is 51.9 Å². The Morgan fingerprint density at radius 2 is 2.05 bits per heavy atom. The van der Waals surface area contributed by atoms with Gasteiger partial charge in [-0.3, -0.25) is 9.59 Å². The molecule has 0 atom stereocenters. The summed E-state index contributed by atoms with van der Waals surface area (Å²) in [4.78, 5) is 23.5. The molecule has 20 heavy (non-hydrogen) atoms. The molecule has 0 bridgehead atoms. The lowest BCUT2D eigenvalue weighted by atomic mass is 10.2. The van der Waals surface area contributed by atoms with E-state index in [1.807, 2.05) is 6.92 Å². The van der Waals surface area contributed by atoms with Crippen LogP contribution in [0.15, 0.2) is 35.1 Å². The lowest BCUT2D eigenvalue weighted by molar-refractivity contribution is -0.117. The number of rotatable bonds is 3. The van der Waals surface area contributed by atoms with Crippen molar-refractivity contribution in [1.29, 1.82) is 0 Å². The molecule has 0 spiro atoms. The molecule has 0 saturated heterocycles. The number of nitrogens with one attached hydrogen (secondary N) is 1. The summed E-state index contributed by atoms with van der Waals surface area (Å²) in [5.74, 6) is -0.307. The van der Waals surface area contributed by atoms with Gasteiger partial charge in [0, 0.05) is 17.4 Å². The second kappa shape index (κ2) is 5.56. The monoisotopic (exact) mass is 272 g/mol. The molecule has 1 heterocycles. The Bertz CT molecular complexity index is 707. The molecule has 0 radical (unpaired) electrons. The van der Waals surface area contributed by atoms with Gasteiger partial charge in [0.1, 0.15) is 6.54 Å². The van der Waals surface area contributed by atoms with Crippen molar-refractivity contribution in [2.24, 2.45) is 0 Å². The summed E-state index contributed by atoms with van der Waals surface area (Å²) < 4.78 is 1.14. The molecule has 6 nitrogen and oxygen atoms in total. The average molecular weight is 272 g/mol. The Balaban J connectivity index is 2.13. The van der Waals surface area contributed by atoms with Crippen LogP contribution in [-0.2, 0) is 11.3 Å². The fourth-order valence-corrected chi connectivity index (χ4v) is 1.82. The number of anilines is 2. The van der Waals surface area contributed by atoms with Crippen LogP contribution in [0.2, 0.25) is 0 Å². The van der Waals surface area contributed by atoms with Crippen LogP contribution in [0.3, 0.4) is 0 Å². The van der Waals surface area contributed by atoms with Gasteiger partial charge in [-0.15, -0.1) is 0 Å². The van der Waals surface area contributed by atoms with Crippen molar-refractivity contribution in [3.63, 3.8) is 0 Å². The SMILES string of the molecule is Cc1ccc(=O)n(CC(=O)Nc2ccc(N)cc2C)n1. The Kier molecular flexibility index (Phi) is 3.84. The standard InChI is InChI=1S/C14H16N4O2/c1-9-7-11(15)4-5-12(9)16-13(19)8-18-14(20)6-3-10(2)17-18/h3-7H,8,15H2,1-2H3,(H,16,19). The Morgan fingerprint density at radius 1 is 1.30 bits per heavy atom. The molecule has 0 aliphatic heterocycles. The zero-order valence-corrected chi connectivity index (χ0v) is 11.4. The number of nitrogen functional groups attached to an aromatic ring is 1. The summed E-state index contributed by atoms with van der Waals surface area (Å²) in [5, 5.41) is 6.75. The van der Waals surface area contributed by atoms with Crippen LogP contribution in [0, 0.1) is 13.8 Å². The largest absolute Gasteiger partial charge is 0.399 e. The second-order valence-corrected chi connectivity index (χ2v) is 4.59. The summed E-state index contributed by atoms with van der Waals surface area (Å²) in [6, 6.07) is 8.21. The van der Waals surface area contributed by atoms with Crippen molar-refractivity contribution in [1.82, 2.24) is 9.78 Å². The first-order valence-corrected chi connectivity index (χ1v) is 6.16. The molecule has 0 aliphatic rings. The van der Waals surface area contributed by atoms with E-state index in [1.54, 1.807) is 31.2 Å². The number of nitrogens with two attached hydrogens (primary N) is 1. The number of hydrogen-bond acceptors (Lipinski definition) is 4. The zero-order valence-electron chi connectivity index (χ0n) is 11.4. The minimum absolute atomic E-state index is 0.121. The molecule has 2 aromatic rings. The molecule has 2 rings (SSSR count). The molecule has 0 fully saturated rings. The van der Waals surface area contributed by atoms with Crippen LogP contribution in [0.25, 0.3) is 0 Å². The summed E-state index contributed by atoms with van der Waals surface area (Å²) in [7, 11) is 0.